The van der Waals surface area contributed by atoms with Crippen LogP contribution in [0.2, 0.25) is 0 Å². The average Bonchev–Trinajstić information content (AvgIpc) is 3.46. The van der Waals surface area contributed by atoms with E-state index in [4.69, 9.17) is 18.1 Å². The Bertz CT molecular complexity index is 1050. The number of hydrogen-bond acceptors (Lipinski definition) is 8. The van der Waals surface area contributed by atoms with Crippen molar-refractivity contribution in [3.63, 3.8) is 0 Å². The molecule has 0 spiro atoms. The molecule has 1 aromatic carbocycles. The molecule has 0 unspecified atom stereocenters. The van der Waals surface area contributed by atoms with E-state index < -0.39 is 0 Å². The predicted molar refractivity (Wildman–Crippen MR) is 96.8 cm³/mol. The second-order valence-corrected chi connectivity index (χ2v) is 6.04. The van der Waals surface area contributed by atoms with Gasteiger partial charge >= 0.3 is 5.97 Å². The van der Waals surface area contributed by atoms with Crippen molar-refractivity contribution >= 4 is 5.97 Å². The molecular formula is C20H17N3O5. The molecule has 0 aliphatic heterocycles. The van der Waals surface area contributed by atoms with Gasteiger partial charge in [0.1, 0.15) is 18.1 Å². The first-order valence-corrected chi connectivity index (χ1v) is 8.73. The van der Waals surface area contributed by atoms with Crippen LogP contribution >= 0.6 is 0 Å². The van der Waals surface area contributed by atoms with Gasteiger partial charge in [-0.05, 0) is 31.2 Å². The van der Waals surface area contributed by atoms with Crippen LogP contribution in [0.25, 0.3) is 23.0 Å². The number of carbonyl (C=O) groups excluding carboxylic acids is 1. The molecule has 0 N–H and O–H groups in total. The number of hydrogen-bond donors (Lipinski definition) is 0. The van der Waals surface area contributed by atoms with Crippen molar-refractivity contribution < 1.29 is 22.9 Å². The molecule has 4 rings (SSSR count). The Morgan fingerprint density at radius 1 is 1.11 bits per heavy atom. The normalized spacial score (nSPS) is 10.9. The summed E-state index contributed by atoms with van der Waals surface area (Å²) in [6.07, 6.45) is 1.92. The SMILES string of the molecule is Cc1oc(-c2ccccc2)nc1COC(=O)CCc1nc(-c2ccco2)no1. The van der Waals surface area contributed by atoms with Crippen LogP contribution in [0, 0.1) is 6.92 Å². The zero-order chi connectivity index (χ0) is 19.3. The summed E-state index contributed by atoms with van der Waals surface area (Å²) in [6, 6.07) is 13.0. The minimum absolute atomic E-state index is 0.0441. The van der Waals surface area contributed by atoms with Crippen LogP contribution in [0.1, 0.15) is 23.8 Å². The summed E-state index contributed by atoms with van der Waals surface area (Å²) in [5.74, 6) is 1.93. The smallest absolute Gasteiger partial charge is 0.306 e. The number of oxazole rings is 1. The average molecular weight is 379 g/mol. The fourth-order valence-corrected chi connectivity index (χ4v) is 2.56. The largest absolute Gasteiger partial charge is 0.461 e. The highest BCUT2D eigenvalue weighted by atomic mass is 16.5. The molecule has 0 atom stereocenters. The van der Waals surface area contributed by atoms with Gasteiger partial charge in [0, 0.05) is 12.0 Å². The Morgan fingerprint density at radius 3 is 2.75 bits per heavy atom. The van der Waals surface area contributed by atoms with E-state index in [-0.39, 0.29) is 25.4 Å². The summed E-state index contributed by atoms with van der Waals surface area (Å²) in [5, 5.41) is 3.82. The number of carbonyl (C=O) groups is 1. The number of rotatable bonds is 7. The number of aromatic nitrogens is 3. The molecular weight excluding hydrogens is 362 g/mol. The summed E-state index contributed by atoms with van der Waals surface area (Å²) >= 11 is 0. The molecule has 8 heteroatoms. The maximum absolute atomic E-state index is 12.0. The quantitative estimate of drug-likeness (QED) is 0.444. The molecule has 28 heavy (non-hydrogen) atoms. The zero-order valence-corrected chi connectivity index (χ0v) is 15.1. The molecule has 0 amide bonds. The van der Waals surface area contributed by atoms with Gasteiger partial charge in [-0.25, -0.2) is 4.98 Å². The third-order valence-electron chi connectivity index (χ3n) is 4.04. The number of ether oxygens (including phenoxy) is 1. The van der Waals surface area contributed by atoms with Crippen molar-refractivity contribution in [1.29, 1.82) is 0 Å². The zero-order valence-electron chi connectivity index (χ0n) is 15.1. The van der Waals surface area contributed by atoms with Gasteiger partial charge in [0.05, 0.1) is 12.7 Å². The standard InChI is InChI=1S/C20H17N3O5/c1-13-15(21-20(27-13)14-6-3-2-4-7-14)12-26-18(24)10-9-17-22-19(23-28-17)16-8-5-11-25-16/h2-8,11H,9-10,12H2,1H3. The Balaban J connectivity index is 1.30. The maximum Gasteiger partial charge on any atom is 0.306 e. The fraction of sp³-hybridized carbons (Fsp3) is 0.200. The van der Waals surface area contributed by atoms with Crippen molar-refractivity contribution in [2.24, 2.45) is 0 Å². The first-order chi connectivity index (χ1) is 13.7. The van der Waals surface area contributed by atoms with Gasteiger partial charge in [-0.3, -0.25) is 4.79 Å². The molecule has 0 aliphatic carbocycles. The predicted octanol–water partition coefficient (Wildman–Crippen LogP) is 3.97. The molecule has 0 saturated carbocycles. The van der Waals surface area contributed by atoms with Crippen molar-refractivity contribution in [1.82, 2.24) is 15.1 Å². The van der Waals surface area contributed by atoms with Crippen LogP contribution in [0.4, 0.5) is 0 Å². The molecule has 4 aromatic rings. The van der Waals surface area contributed by atoms with E-state index in [1.807, 2.05) is 30.3 Å². The van der Waals surface area contributed by atoms with Crippen LogP contribution in [-0.4, -0.2) is 21.1 Å². The number of nitrogens with zero attached hydrogens (tertiary/aromatic N) is 3. The summed E-state index contributed by atoms with van der Waals surface area (Å²) < 4.78 is 21.3. The third-order valence-corrected chi connectivity index (χ3v) is 4.04. The van der Waals surface area contributed by atoms with Gasteiger partial charge in [-0.2, -0.15) is 4.98 Å². The molecule has 0 bridgehead atoms. The first-order valence-electron chi connectivity index (χ1n) is 8.73. The van der Waals surface area contributed by atoms with Gasteiger partial charge in [0.2, 0.25) is 17.6 Å². The van der Waals surface area contributed by atoms with Gasteiger partial charge in [-0.1, -0.05) is 23.4 Å². The second-order valence-electron chi connectivity index (χ2n) is 6.04. The van der Waals surface area contributed by atoms with Crippen molar-refractivity contribution in [3.05, 3.63) is 66.1 Å². The highest BCUT2D eigenvalue weighted by Crippen LogP contribution is 2.22. The highest BCUT2D eigenvalue weighted by Gasteiger charge is 2.15. The van der Waals surface area contributed by atoms with Crippen LogP contribution in [0.3, 0.4) is 0 Å². The fourth-order valence-electron chi connectivity index (χ4n) is 2.56. The Morgan fingerprint density at radius 2 is 1.96 bits per heavy atom. The first kappa shape index (κ1) is 17.7. The number of benzene rings is 1. The molecule has 0 fully saturated rings. The molecule has 0 radical (unpaired) electrons. The molecule has 0 saturated heterocycles. The molecule has 0 aliphatic rings. The number of aryl methyl sites for hydroxylation is 2. The minimum atomic E-state index is -0.388. The lowest BCUT2D eigenvalue weighted by atomic mass is 10.2. The van der Waals surface area contributed by atoms with E-state index in [2.05, 4.69) is 15.1 Å². The summed E-state index contributed by atoms with van der Waals surface area (Å²) in [6.45, 7) is 1.83. The van der Waals surface area contributed by atoms with Crippen LogP contribution in [-0.2, 0) is 22.6 Å². The van der Waals surface area contributed by atoms with Crippen LogP contribution in [0.5, 0.6) is 0 Å². The van der Waals surface area contributed by atoms with Gasteiger partial charge in [-0.15, -0.1) is 0 Å². The molecule has 3 heterocycles. The van der Waals surface area contributed by atoms with Crippen LogP contribution in [0.15, 0.2) is 62.1 Å². The molecule has 8 nitrogen and oxygen atoms in total. The summed E-state index contributed by atoms with van der Waals surface area (Å²) in [5.41, 5.74) is 1.46. The summed E-state index contributed by atoms with van der Waals surface area (Å²) in [7, 11) is 0. The Labute approximate surface area is 160 Å². The molecule has 142 valence electrons. The lowest BCUT2D eigenvalue weighted by Gasteiger charge is -2.01. The lowest BCUT2D eigenvalue weighted by molar-refractivity contribution is -0.145. The maximum atomic E-state index is 12.0. The van der Waals surface area contributed by atoms with E-state index in [1.54, 1.807) is 19.1 Å². The number of esters is 1. The monoisotopic (exact) mass is 379 g/mol. The Hall–Kier alpha value is -3.68. The van der Waals surface area contributed by atoms with E-state index in [1.165, 1.54) is 6.26 Å². The second kappa shape index (κ2) is 7.91. The van der Waals surface area contributed by atoms with Crippen LogP contribution < -0.4 is 0 Å². The van der Waals surface area contributed by atoms with Gasteiger partial charge in [0.25, 0.3) is 0 Å². The highest BCUT2D eigenvalue weighted by molar-refractivity contribution is 5.69. The molecule has 3 aromatic heterocycles. The van der Waals surface area contributed by atoms with E-state index >= 15 is 0 Å². The van der Waals surface area contributed by atoms with E-state index in [0.29, 0.717) is 34.8 Å². The topological polar surface area (TPSA) is 104 Å². The van der Waals surface area contributed by atoms with Crippen molar-refractivity contribution in [2.45, 2.75) is 26.4 Å². The minimum Gasteiger partial charge on any atom is -0.461 e. The van der Waals surface area contributed by atoms with Gasteiger partial charge < -0.3 is 18.1 Å². The lowest BCUT2D eigenvalue weighted by Crippen LogP contribution is -2.07. The summed E-state index contributed by atoms with van der Waals surface area (Å²) in [4.78, 5) is 20.6. The van der Waals surface area contributed by atoms with Crippen molar-refractivity contribution in [3.8, 4) is 23.0 Å². The number of furan rings is 1. The van der Waals surface area contributed by atoms with Crippen molar-refractivity contribution in [2.75, 3.05) is 0 Å². The van der Waals surface area contributed by atoms with E-state index in [9.17, 15) is 4.79 Å². The van der Waals surface area contributed by atoms with E-state index in [0.717, 1.165) is 5.56 Å². The van der Waals surface area contributed by atoms with Gasteiger partial charge in [0.15, 0.2) is 5.76 Å². The third kappa shape index (κ3) is 4.01. The Kier molecular flexibility index (Phi) is 5.01.